The number of aryl methyl sites for hydroxylation is 3. The molecule has 0 radical (unpaired) electrons. The van der Waals surface area contributed by atoms with Gasteiger partial charge in [-0.2, -0.15) is 5.10 Å². The quantitative estimate of drug-likeness (QED) is 0.136. The number of amides is 3. The molecule has 0 aliphatic heterocycles. The fraction of sp³-hybridized carbons (Fsp3) is 0.425. The molecule has 9 rings (SSSR count). The second kappa shape index (κ2) is 12.4. The first-order valence-corrected chi connectivity index (χ1v) is 18.5. The molecule has 3 amide bonds. The third-order valence-corrected chi connectivity index (χ3v) is 12.8. The monoisotopic (exact) mass is 659 g/mol. The number of thiophene rings is 1. The van der Waals surface area contributed by atoms with Crippen LogP contribution in [0.3, 0.4) is 0 Å². The topological polar surface area (TPSA) is 87.5 Å². The van der Waals surface area contributed by atoms with Gasteiger partial charge in [-0.25, -0.2) is 10.2 Å². The second-order valence-corrected chi connectivity index (χ2v) is 16.1. The van der Waals surface area contributed by atoms with Crippen LogP contribution < -0.4 is 16.1 Å². The van der Waals surface area contributed by atoms with Crippen LogP contribution in [0.2, 0.25) is 0 Å². The van der Waals surface area contributed by atoms with Crippen molar-refractivity contribution >= 4 is 40.9 Å². The van der Waals surface area contributed by atoms with E-state index in [0.29, 0.717) is 5.41 Å². The lowest BCUT2D eigenvalue weighted by Gasteiger charge is -2.57. The maximum atomic E-state index is 13.8. The predicted octanol–water partition coefficient (Wildman–Crippen LogP) is 9.22. The number of carbonyl (C=O) groups is 2. The number of hydrogen-bond donors (Lipinski definition) is 3. The van der Waals surface area contributed by atoms with Gasteiger partial charge in [0.2, 0.25) is 0 Å². The number of nitrogens with one attached hydrogen (secondary N) is 3. The van der Waals surface area contributed by atoms with Crippen molar-refractivity contribution in [3.8, 4) is 5.00 Å². The molecule has 5 aliphatic carbocycles. The molecule has 2 heterocycles. The largest absolute Gasteiger partial charge is 0.339 e. The van der Waals surface area contributed by atoms with Crippen molar-refractivity contribution in [3.63, 3.8) is 0 Å². The Morgan fingerprint density at radius 3 is 2.17 bits per heavy atom. The third kappa shape index (κ3) is 5.78. The van der Waals surface area contributed by atoms with Crippen LogP contribution in [0.15, 0.2) is 59.7 Å². The first-order valence-electron chi connectivity index (χ1n) is 17.7. The zero-order valence-electron chi connectivity index (χ0n) is 28.2. The van der Waals surface area contributed by atoms with E-state index in [1.807, 2.05) is 50.2 Å². The van der Waals surface area contributed by atoms with Crippen LogP contribution >= 0.6 is 11.3 Å². The zero-order chi connectivity index (χ0) is 33.0. The lowest BCUT2D eigenvalue weighted by atomic mass is 9.48. The maximum Gasteiger partial charge on any atom is 0.339 e. The lowest BCUT2D eigenvalue weighted by Crippen LogP contribution is -2.48. The molecule has 3 N–H and O–H groups in total. The van der Waals surface area contributed by atoms with E-state index >= 15 is 0 Å². The number of hydrazone groups is 1. The molecule has 0 unspecified atom stereocenters. The Morgan fingerprint density at radius 2 is 1.48 bits per heavy atom. The molecule has 8 heteroatoms. The van der Waals surface area contributed by atoms with Crippen molar-refractivity contribution in [2.75, 3.05) is 10.6 Å². The number of carbonyl (C=O) groups excluding carboxylic acids is 2. The zero-order valence-corrected chi connectivity index (χ0v) is 29.0. The Labute approximate surface area is 287 Å². The molecule has 4 aromatic rings. The summed E-state index contributed by atoms with van der Waals surface area (Å²) >= 11 is 1.72. The molecule has 4 saturated carbocycles. The van der Waals surface area contributed by atoms with Crippen LogP contribution in [0.5, 0.6) is 0 Å². The molecule has 2 aromatic heterocycles. The molecule has 0 atom stereocenters. The highest BCUT2D eigenvalue weighted by Gasteiger charge is 2.51. The minimum absolute atomic E-state index is 0.0692. The summed E-state index contributed by atoms with van der Waals surface area (Å²) in [7, 11) is 0. The second-order valence-electron chi connectivity index (χ2n) is 15.0. The third-order valence-electron chi connectivity index (χ3n) is 11.5. The van der Waals surface area contributed by atoms with E-state index < -0.39 is 0 Å². The van der Waals surface area contributed by atoms with E-state index in [9.17, 15) is 9.59 Å². The summed E-state index contributed by atoms with van der Waals surface area (Å²) in [4.78, 5) is 27.9. The summed E-state index contributed by atoms with van der Waals surface area (Å²) in [6.45, 7) is 6.14. The molecular formula is C40H45N5O2S. The molecule has 4 fully saturated rings. The van der Waals surface area contributed by atoms with E-state index in [1.54, 1.807) is 17.6 Å². The van der Waals surface area contributed by atoms with Crippen LogP contribution in [0, 0.1) is 38.5 Å². The van der Waals surface area contributed by atoms with Gasteiger partial charge in [0.1, 0.15) is 5.00 Å². The Bertz CT molecular complexity index is 1860. The highest BCUT2D eigenvalue weighted by molar-refractivity contribution is 7.15. The fourth-order valence-corrected chi connectivity index (χ4v) is 11.2. The van der Waals surface area contributed by atoms with E-state index in [4.69, 9.17) is 0 Å². The average molecular weight is 660 g/mol. The van der Waals surface area contributed by atoms with E-state index in [1.165, 1.54) is 54.5 Å². The average Bonchev–Trinajstić information content (AvgIpc) is 3.57. The Kier molecular flexibility index (Phi) is 8.02. The first kappa shape index (κ1) is 31.1. The maximum absolute atomic E-state index is 13.8. The Morgan fingerprint density at radius 1 is 0.854 bits per heavy atom. The molecule has 7 nitrogen and oxygen atoms in total. The minimum atomic E-state index is -0.372. The van der Waals surface area contributed by atoms with Crippen molar-refractivity contribution in [2.45, 2.75) is 90.4 Å². The number of urea groups is 1. The van der Waals surface area contributed by atoms with Crippen LogP contribution in [-0.2, 0) is 18.3 Å². The summed E-state index contributed by atoms with van der Waals surface area (Å²) < 4.78 is 2.17. The number of fused-ring (bicyclic) bond motifs is 1. The summed E-state index contributed by atoms with van der Waals surface area (Å²) in [6, 6.07) is 18.2. The minimum Gasteiger partial charge on any atom is -0.322 e. The van der Waals surface area contributed by atoms with E-state index in [-0.39, 0.29) is 11.9 Å². The van der Waals surface area contributed by atoms with Gasteiger partial charge in [0.05, 0.1) is 11.8 Å². The van der Waals surface area contributed by atoms with Crippen LogP contribution in [0.1, 0.15) is 100 Å². The summed E-state index contributed by atoms with van der Waals surface area (Å²) in [5.41, 5.74) is 12.0. The normalized spacial score (nSPS) is 24.1. The smallest absolute Gasteiger partial charge is 0.322 e. The van der Waals surface area contributed by atoms with Crippen molar-refractivity contribution in [2.24, 2.45) is 22.9 Å². The number of aromatic nitrogens is 1. The van der Waals surface area contributed by atoms with E-state index in [0.717, 1.165) is 87.9 Å². The van der Waals surface area contributed by atoms with E-state index in [2.05, 4.69) is 50.9 Å². The summed E-state index contributed by atoms with van der Waals surface area (Å²) in [5, 5.41) is 11.3. The predicted molar refractivity (Wildman–Crippen MR) is 195 cm³/mol. The number of hydrogen-bond acceptors (Lipinski definition) is 4. The molecule has 48 heavy (non-hydrogen) atoms. The van der Waals surface area contributed by atoms with Crippen molar-refractivity contribution < 1.29 is 9.59 Å². The van der Waals surface area contributed by atoms with Crippen LogP contribution in [0.25, 0.3) is 5.00 Å². The van der Waals surface area contributed by atoms with Gasteiger partial charge in [-0.15, -0.1) is 11.3 Å². The van der Waals surface area contributed by atoms with Gasteiger partial charge in [-0.3, -0.25) is 4.79 Å². The molecule has 0 saturated heterocycles. The molecule has 0 spiro atoms. The van der Waals surface area contributed by atoms with Crippen molar-refractivity contribution in [1.29, 1.82) is 0 Å². The van der Waals surface area contributed by atoms with Gasteiger partial charge >= 0.3 is 6.03 Å². The van der Waals surface area contributed by atoms with Crippen molar-refractivity contribution in [3.05, 3.63) is 98.7 Å². The molecule has 4 bridgehead atoms. The number of anilines is 2. The highest BCUT2D eigenvalue weighted by Crippen LogP contribution is 2.60. The summed E-state index contributed by atoms with van der Waals surface area (Å²) in [6.07, 6.45) is 14.2. The van der Waals surface area contributed by atoms with Gasteiger partial charge in [-0.05, 0) is 150 Å². The Hall–Kier alpha value is -4.17. The van der Waals surface area contributed by atoms with Crippen LogP contribution in [0.4, 0.5) is 16.2 Å². The first-order chi connectivity index (χ1) is 23.2. The van der Waals surface area contributed by atoms with Gasteiger partial charge in [0.15, 0.2) is 0 Å². The van der Waals surface area contributed by atoms with Crippen molar-refractivity contribution in [1.82, 2.24) is 9.99 Å². The Balaban J connectivity index is 0.960. The lowest BCUT2D eigenvalue weighted by molar-refractivity contribution is -0.00518. The molecular weight excluding hydrogens is 615 g/mol. The van der Waals surface area contributed by atoms with Gasteiger partial charge in [0.25, 0.3) is 5.91 Å². The highest BCUT2D eigenvalue weighted by atomic mass is 32.1. The number of benzene rings is 2. The summed E-state index contributed by atoms with van der Waals surface area (Å²) in [5.74, 6) is 2.65. The number of nitrogens with zero attached hydrogens (tertiary/aromatic N) is 2. The van der Waals surface area contributed by atoms with Gasteiger partial charge < -0.3 is 15.2 Å². The standard InChI is InChI=1S/C40H45N5O2S/c1-24-8-12-32(13-9-24)42-37(46)36-34-6-4-5-7-35(34)48-38(36)45-25(2)16-30(26(45)3)23-41-44-39(47)43-33-14-10-31(11-15-33)40-20-27-17-28(21-40)19-29(18-27)22-40/h8-16,23,27-29H,4-7,17-22H2,1-3H3,(H,42,46)(H2,43,44,47)/b41-23+. The molecule has 248 valence electrons. The molecule has 2 aromatic carbocycles. The van der Waals surface area contributed by atoms with Crippen LogP contribution in [-0.4, -0.2) is 22.7 Å². The molecule has 5 aliphatic rings. The van der Waals surface area contributed by atoms with Gasteiger partial charge in [0, 0.05) is 33.2 Å². The SMILES string of the molecule is Cc1ccc(NC(=O)c2c(-n3c(C)cc(/C=N/NC(=O)Nc4ccc(C56CC7CC(CC(C7)C5)C6)cc4)c3C)sc3c2CCCC3)cc1. The fourth-order valence-electron chi connectivity index (χ4n) is 9.70. The van der Waals surface area contributed by atoms with Gasteiger partial charge in [-0.1, -0.05) is 29.8 Å². The number of rotatable bonds is 7.